The Labute approximate surface area is 114 Å². The van der Waals surface area contributed by atoms with Crippen molar-refractivity contribution in [2.45, 2.75) is 45.1 Å². The lowest BCUT2D eigenvalue weighted by Crippen LogP contribution is -2.49. The standard InChI is InChI=1S/C13H24N2O4/c1-2-5-11-6-3-4-8-15(11)13(18)14-7-9-19-10-12(16)17/h11H,2-10H2,1H3,(H,14,18)(H,16,17). The summed E-state index contributed by atoms with van der Waals surface area (Å²) in [5.41, 5.74) is 0. The van der Waals surface area contributed by atoms with Gasteiger partial charge in [0.2, 0.25) is 0 Å². The van der Waals surface area contributed by atoms with Gasteiger partial charge in [0, 0.05) is 19.1 Å². The molecule has 1 aliphatic rings. The lowest BCUT2D eigenvalue weighted by atomic mass is 9.99. The summed E-state index contributed by atoms with van der Waals surface area (Å²) < 4.78 is 4.87. The van der Waals surface area contributed by atoms with Gasteiger partial charge in [-0.2, -0.15) is 0 Å². The number of ether oxygens (including phenoxy) is 1. The van der Waals surface area contributed by atoms with Crippen LogP contribution >= 0.6 is 0 Å². The lowest BCUT2D eigenvalue weighted by molar-refractivity contribution is -0.142. The summed E-state index contributed by atoms with van der Waals surface area (Å²) in [5.74, 6) is -0.995. The Morgan fingerprint density at radius 3 is 2.89 bits per heavy atom. The summed E-state index contributed by atoms with van der Waals surface area (Å²) in [6.07, 6.45) is 5.45. The number of hydrogen-bond acceptors (Lipinski definition) is 3. The van der Waals surface area contributed by atoms with Crippen molar-refractivity contribution in [2.24, 2.45) is 0 Å². The average Bonchev–Trinajstić information content (AvgIpc) is 2.39. The SMILES string of the molecule is CCCC1CCCCN1C(=O)NCCOCC(=O)O. The predicted molar refractivity (Wildman–Crippen MR) is 71.1 cm³/mol. The van der Waals surface area contributed by atoms with E-state index < -0.39 is 5.97 Å². The Balaban J connectivity index is 2.24. The van der Waals surface area contributed by atoms with E-state index in [1.165, 1.54) is 6.42 Å². The zero-order chi connectivity index (χ0) is 14.1. The maximum atomic E-state index is 12.0. The monoisotopic (exact) mass is 272 g/mol. The number of aliphatic carboxylic acids is 1. The van der Waals surface area contributed by atoms with Crippen LogP contribution in [-0.2, 0) is 9.53 Å². The number of nitrogens with one attached hydrogen (secondary N) is 1. The third-order valence-electron chi connectivity index (χ3n) is 3.26. The number of carboxylic acids is 1. The van der Waals surface area contributed by atoms with E-state index in [9.17, 15) is 9.59 Å². The maximum absolute atomic E-state index is 12.0. The van der Waals surface area contributed by atoms with Crippen molar-refractivity contribution in [2.75, 3.05) is 26.3 Å². The normalized spacial score (nSPS) is 19.2. The highest BCUT2D eigenvalue weighted by Crippen LogP contribution is 2.20. The molecule has 2 N–H and O–H groups in total. The van der Waals surface area contributed by atoms with E-state index in [0.29, 0.717) is 12.6 Å². The molecule has 0 saturated carbocycles. The second kappa shape index (κ2) is 8.74. The van der Waals surface area contributed by atoms with Gasteiger partial charge in [-0.05, 0) is 25.7 Å². The van der Waals surface area contributed by atoms with Gasteiger partial charge in [0.15, 0.2) is 0 Å². The lowest BCUT2D eigenvalue weighted by Gasteiger charge is -2.35. The molecule has 1 saturated heterocycles. The number of urea groups is 1. The number of amides is 2. The summed E-state index contributed by atoms with van der Waals surface area (Å²) in [5, 5.41) is 11.2. The minimum atomic E-state index is -0.995. The first-order valence-corrected chi connectivity index (χ1v) is 6.99. The molecule has 19 heavy (non-hydrogen) atoms. The Kier molecular flexibility index (Phi) is 7.25. The first-order valence-electron chi connectivity index (χ1n) is 6.99. The second-order valence-corrected chi connectivity index (χ2v) is 4.81. The van der Waals surface area contributed by atoms with E-state index in [1.807, 2.05) is 4.90 Å². The van der Waals surface area contributed by atoms with Gasteiger partial charge in [0.25, 0.3) is 0 Å². The summed E-state index contributed by atoms with van der Waals surface area (Å²) in [6, 6.07) is 0.288. The van der Waals surface area contributed by atoms with Crippen molar-refractivity contribution in [3.05, 3.63) is 0 Å². The van der Waals surface area contributed by atoms with E-state index in [1.54, 1.807) is 0 Å². The van der Waals surface area contributed by atoms with E-state index in [2.05, 4.69) is 12.2 Å². The van der Waals surface area contributed by atoms with Crippen molar-refractivity contribution in [1.29, 1.82) is 0 Å². The predicted octanol–water partition coefficient (Wildman–Crippen LogP) is 1.45. The molecule has 1 unspecified atom stereocenters. The van der Waals surface area contributed by atoms with Crippen molar-refractivity contribution in [3.63, 3.8) is 0 Å². The molecule has 110 valence electrons. The molecule has 6 nitrogen and oxygen atoms in total. The average molecular weight is 272 g/mol. The number of rotatable bonds is 7. The Morgan fingerprint density at radius 1 is 1.42 bits per heavy atom. The van der Waals surface area contributed by atoms with Crippen molar-refractivity contribution >= 4 is 12.0 Å². The Hall–Kier alpha value is -1.30. The molecule has 0 aromatic heterocycles. The van der Waals surface area contributed by atoms with Gasteiger partial charge >= 0.3 is 12.0 Å². The Morgan fingerprint density at radius 2 is 2.21 bits per heavy atom. The first-order chi connectivity index (χ1) is 9.15. The smallest absolute Gasteiger partial charge is 0.329 e. The highest BCUT2D eigenvalue weighted by Gasteiger charge is 2.25. The molecule has 1 atom stereocenters. The van der Waals surface area contributed by atoms with Gasteiger partial charge in [0.05, 0.1) is 6.61 Å². The summed E-state index contributed by atoms with van der Waals surface area (Å²) in [6.45, 7) is 3.20. The van der Waals surface area contributed by atoms with E-state index >= 15 is 0 Å². The number of likely N-dealkylation sites (tertiary alicyclic amines) is 1. The fourth-order valence-corrected chi connectivity index (χ4v) is 2.39. The number of carboxylic acid groups (broad SMARTS) is 1. The number of carbonyl (C=O) groups excluding carboxylic acids is 1. The Bertz CT molecular complexity index is 294. The number of piperidine rings is 1. The van der Waals surface area contributed by atoms with Crippen LogP contribution in [-0.4, -0.2) is 54.4 Å². The van der Waals surface area contributed by atoms with Crippen LogP contribution in [0.25, 0.3) is 0 Å². The number of hydrogen-bond donors (Lipinski definition) is 2. The van der Waals surface area contributed by atoms with Crippen molar-refractivity contribution in [3.8, 4) is 0 Å². The molecular weight excluding hydrogens is 248 g/mol. The fraction of sp³-hybridized carbons (Fsp3) is 0.846. The van der Waals surface area contributed by atoms with Crippen molar-refractivity contribution in [1.82, 2.24) is 10.2 Å². The van der Waals surface area contributed by atoms with Crippen LogP contribution in [0, 0.1) is 0 Å². The van der Waals surface area contributed by atoms with Gasteiger partial charge < -0.3 is 20.1 Å². The van der Waals surface area contributed by atoms with Gasteiger partial charge in [0.1, 0.15) is 6.61 Å². The van der Waals surface area contributed by atoms with Gasteiger partial charge in [-0.1, -0.05) is 13.3 Å². The van der Waals surface area contributed by atoms with Crippen LogP contribution in [0.1, 0.15) is 39.0 Å². The quantitative estimate of drug-likeness (QED) is 0.688. The number of carbonyl (C=O) groups is 2. The van der Waals surface area contributed by atoms with Crippen LogP contribution in [0.15, 0.2) is 0 Å². The van der Waals surface area contributed by atoms with E-state index in [4.69, 9.17) is 9.84 Å². The molecule has 0 bridgehead atoms. The molecule has 0 aromatic rings. The molecule has 6 heteroatoms. The fourth-order valence-electron chi connectivity index (χ4n) is 2.39. The maximum Gasteiger partial charge on any atom is 0.329 e. The molecule has 2 amide bonds. The van der Waals surface area contributed by atoms with E-state index in [0.717, 1.165) is 32.2 Å². The molecule has 0 aromatic carbocycles. The zero-order valence-electron chi connectivity index (χ0n) is 11.6. The molecule has 0 aliphatic carbocycles. The molecule has 0 spiro atoms. The first kappa shape index (κ1) is 15.8. The van der Waals surface area contributed by atoms with Crippen LogP contribution < -0.4 is 5.32 Å². The van der Waals surface area contributed by atoms with Crippen LogP contribution in [0.3, 0.4) is 0 Å². The molecule has 1 fully saturated rings. The van der Waals surface area contributed by atoms with Crippen LogP contribution in [0.2, 0.25) is 0 Å². The molecule has 1 rings (SSSR count). The second-order valence-electron chi connectivity index (χ2n) is 4.81. The van der Waals surface area contributed by atoms with E-state index in [-0.39, 0.29) is 19.2 Å². The third-order valence-corrected chi connectivity index (χ3v) is 3.26. The molecule has 1 aliphatic heterocycles. The highest BCUT2D eigenvalue weighted by atomic mass is 16.5. The van der Waals surface area contributed by atoms with Gasteiger partial charge in [-0.3, -0.25) is 0 Å². The topological polar surface area (TPSA) is 78.9 Å². The summed E-state index contributed by atoms with van der Waals surface area (Å²) in [7, 11) is 0. The molecule has 0 radical (unpaired) electrons. The van der Waals surface area contributed by atoms with Gasteiger partial charge in [-0.15, -0.1) is 0 Å². The zero-order valence-corrected chi connectivity index (χ0v) is 11.6. The molecular formula is C13H24N2O4. The summed E-state index contributed by atoms with van der Waals surface area (Å²) >= 11 is 0. The highest BCUT2D eigenvalue weighted by molar-refractivity contribution is 5.74. The minimum Gasteiger partial charge on any atom is -0.480 e. The van der Waals surface area contributed by atoms with Crippen molar-refractivity contribution < 1.29 is 19.4 Å². The van der Waals surface area contributed by atoms with Gasteiger partial charge in [-0.25, -0.2) is 9.59 Å². The molecule has 1 heterocycles. The minimum absolute atomic E-state index is 0.0583. The number of nitrogens with zero attached hydrogens (tertiary/aromatic N) is 1. The third kappa shape index (κ3) is 5.92. The summed E-state index contributed by atoms with van der Waals surface area (Å²) in [4.78, 5) is 24.2. The van der Waals surface area contributed by atoms with Crippen LogP contribution in [0.4, 0.5) is 4.79 Å². The van der Waals surface area contributed by atoms with Crippen LogP contribution in [0.5, 0.6) is 0 Å². The largest absolute Gasteiger partial charge is 0.480 e.